The van der Waals surface area contributed by atoms with Crippen LogP contribution in [0.1, 0.15) is 91.9 Å². The maximum atomic E-state index is 11.9. The molecule has 0 bridgehead atoms. The summed E-state index contributed by atoms with van der Waals surface area (Å²) in [7, 11) is -3.13. The SMILES string of the molecule is CC1=C2CC3C(CCC4CC(NS(C)(=O)=O)CC[C@@]43C)C2CC[C@@]2(C1)OC1CC(C)CNC1C2C.Cl. The van der Waals surface area contributed by atoms with Crippen molar-refractivity contribution in [3.8, 4) is 0 Å². The third-order valence-corrected chi connectivity index (χ3v) is 12.8. The summed E-state index contributed by atoms with van der Waals surface area (Å²) in [4.78, 5) is 0. The molecule has 7 heteroatoms. The third kappa shape index (κ3) is 4.43. The highest BCUT2D eigenvalue weighted by atomic mass is 35.5. The van der Waals surface area contributed by atoms with Crippen LogP contribution in [0.5, 0.6) is 0 Å². The fourth-order valence-corrected chi connectivity index (χ4v) is 11.1. The lowest BCUT2D eigenvalue weighted by molar-refractivity contribution is -0.0746. The maximum Gasteiger partial charge on any atom is 0.208 e. The number of ether oxygens (including phenoxy) is 1. The first-order valence-electron chi connectivity index (χ1n) is 14.6. The van der Waals surface area contributed by atoms with Gasteiger partial charge in [0.2, 0.25) is 10.0 Å². The molecule has 0 radical (unpaired) electrons. The summed E-state index contributed by atoms with van der Waals surface area (Å²) >= 11 is 0. The Morgan fingerprint density at radius 2 is 1.86 bits per heavy atom. The number of hydrogen-bond acceptors (Lipinski definition) is 4. The highest BCUT2D eigenvalue weighted by Crippen LogP contribution is 2.65. The molecule has 0 aromatic heterocycles. The van der Waals surface area contributed by atoms with Crippen molar-refractivity contribution < 1.29 is 13.2 Å². The number of rotatable bonds is 2. The lowest BCUT2D eigenvalue weighted by Gasteiger charge is -2.54. The van der Waals surface area contributed by atoms with Gasteiger partial charge in [-0.2, -0.15) is 0 Å². The second-order valence-electron chi connectivity index (χ2n) is 14.0. The number of piperidine rings is 1. The standard InChI is InChI=1S/C29H48N2O3S.ClH/c1-17-12-26-27(30-16-17)19(3)29(34-26)11-9-22-23-7-6-20-13-21(31-35(5,32)33)8-10-28(20,4)25(23)14-24(22)18(2)15-29;/h17,19-23,25-27,30-31H,6-16H2,1-5H3;1H/t17?,19?,20?,21?,22?,23?,25?,26?,27?,28-,29-;/m0./s1. The van der Waals surface area contributed by atoms with E-state index in [1.165, 1.54) is 51.2 Å². The topological polar surface area (TPSA) is 67.4 Å². The fraction of sp³-hybridized carbons (Fsp3) is 0.931. The van der Waals surface area contributed by atoms with E-state index in [2.05, 4.69) is 37.7 Å². The van der Waals surface area contributed by atoms with Gasteiger partial charge in [-0.05, 0) is 113 Å². The van der Waals surface area contributed by atoms with E-state index in [9.17, 15) is 8.42 Å². The summed E-state index contributed by atoms with van der Waals surface area (Å²) in [5.74, 6) is 4.28. The third-order valence-electron chi connectivity index (χ3n) is 12.0. The molecule has 11 atom stereocenters. The molecule has 9 unspecified atom stereocenters. The van der Waals surface area contributed by atoms with E-state index in [-0.39, 0.29) is 24.0 Å². The van der Waals surface area contributed by atoms with Crippen molar-refractivity contribution >= 4 is 22.4 Å². The van der Waals surface area contributed by atoms with Crippen LogP contribution in [0.2, 0.25) is 0 Å². The van der Waals surface area contributed by atoms with E-state index in [0.717, 1.165) is 43.6 Å². The van der Waals surface area contributed by atoms with Gasteiger partial charge in [0.15, 0.2) is 0 Å². The minimum atomic E-state index is -3.13. The number of nitrogens with one attached hydrogen (secondary N) is 2. The zero-order valence-electron chi connectivity index (χ0n) is 23.0. The van der Waals surface area contributed by atoms with Crippen molar-refractivity contribution in [2.45, 2.75) is 116 Å². The molecule has 3 saturated carbocycles. The fourth-order valence-electron chi connectivity index (χ4n) is 10.2. The molecule has 0 amide bonds. The molecule has 2 aliphatic heterocycles. The molecule has 206 valence electrons. The smallest absolute Gasteiger partial charge is 0.208 e. The Morgan fingerprint density at radius 3 is 2.61 bits per heavy atom. The summed E-state index contributed by atoms with van der Waals surface area (Å²) < 4.78 is 33.7. The second kappa shape index (κ2) is 9.50. The summed E-state index contributed by atoms with van der Waals surface area (Å²) in [6.07, 6.45) is 13.6. The predicted molar refractivity (Wildman–Crippen MR) is 148 cm³/mol. The van der Waals surface area contributed by atoms with Gasteiger partial charge in [-0.1, -0.05) is 31.9 Å². The molecule has 36 heavy (non-hydrogen) atoms. The van der Waals surface area contributed by atoms with Gasteiger partial charge in [-0.3, -0.25) is 0 Å². The molecular formula is C29H49ClN2O3S. The first-order chi connectivity index (χ1) is 16.5. The van der Waals surface area contributed by atoms with Crippen molar-refractivity contribution in [3.63, 3.8) is 0 Å². The van der Waals surface area contributed by atoms with Gasteiger partial charge in [-0.15, -0.1) is 12.4 Å². The summed E-state index contributed by atoms with van der Waals surface area (Å²) in [6.45, 7) is 11.0. The Balaban J connectivity index is 0.00000267. The van der Waals surface area contributed by atoms with Crippen molar-refractivity contribution in [2.75, 3.05) is 12.8 Å². The molecule has 6 aliphatic rings. The van der Waals surface area contributed by atoms with Gasteiger partial charge in [0.1, 0.15) is 0 Å². The quantitative estimate of drug-likeness (QED) is 0.457. The van der Waals surface area contributed by atoms with Gasteiger partial charge in [-0.25, -0.2) is 13.1 Å². The van der Waals surface area contributed by atoms with Crippen molar-refractivity contribution in [2.24, 2.45) is 40.9 Å². The molecule has 6 rings (SSSR count). The Labute approximate surface area is 225 Å². The Kier molecular flexibility index (Phi) is 7.24. The minimum Gasteiger partial charge on any atom is -0.369 e. The normalized spacial score (nSPS) is 50.5. The molecule has 1 spiro atoms. The van der Waals surface area contributed by atoms with Gasteiger partial charge in [0.25, 0.3) is 0 Å². The van der Waals surface area contributed by atoms with Crippen LogP contribution in [0.4, 0.5) is 0 Å². The lowest BCUT2D eigenvalue weighted by atomic mass is 9.52. The average Bonchev–Trinajstić information content (AvgIpc) is 3.23. The van der Waals surface area contributed by atoms with E-state index in [4.69, 9.17) is 4.74 Å². The van der Waals surface area contributed by atoms with Gasteiger partial charge in [0, 0.05) is 18.0 Å². The molecule has 2 heterocycles. The highest BCUT2D eigenvalue weighted by molar-refractivity contribution is 7.88. The largest absolute Gasteiger partial charge is 0.369 e. The number of fused-ring (bicyclic) bond motifs is 6. The second-order valence-corrected chi connectivity index (χ2v) is 15.8. The summed E-state index contributed by atoms with van der Waals surface area (Å²) in [6, 6.07) is 0.660. The van der Waals surface area contributed by atoms with Gasteiger partial charge in [0.05, 0.1) is 18.0 Å². The molecule has 4 aliphatic carbocycles. The van der Waals surface area contributed by atoms with Crippen LogP contribution < -0.4 is 10.0 Å². The number of halogens is 1. The van der Waals surface area contributed by atoms with Crippen LogP contribution in [0, 0.1) is 40.9 Å². The molecule has 0 aromatic carbocycles. The van der Waals surface area contributed by atoms with E-state index in [0.29, 0.717) is 35.3 Å². The molecular weight excluding hydrogens is 492 g/mol. The van der Waals surface area contributed by atoms with Gasteiger partial charge >= 0.3 is 0 Å². The first kappa shape index (κ1) is 27.4. The van der Waals surface area contributed by atoms with Gasteiger partial charge < -0.3 is 10.1 Å². The molecule has 5 nitrogen and oxygen atoms in total. The van der Waals surface area contributed by atoms with E-state index in [1.807, 2.05) is 0 Å². The van der Waals surface area contributed by atoms with Crippen molar-refractivity contribution in [1.29, 1.82) is 0 Å². The van der Waals surface area contributed by atoms with Crippen molar-refractivity contribution in [3.05, 3.63) is 11.1 Å². The summed E-state index contributed by atoms with van der Waals surface area (Å²) in [5.41, 5.74) is 3.83. The van der Waals surface area contributed by atoms with Crippen LogP contribution in [-0.4, -0.2) is 45.0 Å². The molecule has 5 fully saturated rings. The Hall–Kier alpha value is -0.140. The Morgan fingerprint density at radius 1 is 1.08 bits per heavy atom. The number of sulfonamides is 1. The van der Waals surface area contributed by atoms with Crippen LogP contribution in [0.15, 0.2) is 11.1 Å². The molecule has 2 saturated heterocycles. The van der Waals surface area contributed by atoms with Crippen LogP contribution in [-0.2, 0) is 14.8 Å². The first-order valence-corrected chi connectivity index (χ1v) is 16.5. The van der Waals surface area contributed by atoms with Crippen LogP contribution >= 0.6 is 12.4 Å². The minimum absolute atomic E-state index is 0. The van der Waals surface area contributed by atoms with E-state index >= 15 is 0 Å². The highest BCUT2D eigenvalue weighted by Gasteiger charge is 2.59. The zero-order valence-corrected chi connectivity index (χ0v) is 24.6. The zero-order chi connectivity index (χ0) is 24.8. The molecule has 0 aromatic rings. The predicted octanol–water partition coefficient (Wildman–Crippen LogP) is 5.45. The van der Waals surface area contributed by atoms with Crippen LogP contribution in [0.3, 0.4) is 0 Å². The molecule has 2 N–H and O–H groups in total. The van der Waals surface area contributed by atoms with E-state index < -0.39 is 10.0 Å². The summed E-state index contributed by atoms with van der Waals surface area (Å²) in [5, 5.41) is 3.85. The Bertz CT molecular complexity index is 1000. The number of allylic oxidation sites excluding steroid dienone is 1. The lowest BCUT2D eigenvalue weighted by Crippen LogP contribution is -2.50. The average molecular weight is 541 g/mol. The maximum absolute atomic E-state index is 11.9. The monoisotopic (exact) mass is 540 g/mol. The van der Waals surface area contributed by atoms with E-state index in [1.54, 1.807) is 11.1 Å². The van der Waals surface area contributed by atoms with Crippen LogP contribution in [0.25, 0.3) is 0 Å². The van der Waals surface area contributed by atoms with Crippen molar-refractivity contribution in [1.82, 2.24) is 10.0 Å². The number of hydrogen-bond donors (Lipinski definition) is 2.